The third-order valence-electron chi connectivity index (χ3n) is 4.44. The van der Waals surface area contributed by atoms with E-state index < -0.39 is 0 Å². The minimum absolute atomic E-state index is 0.0517. The number of amides is 1. The van der Waals surface area contributed by atoms with Gasteiger partial charge in [-0.3, -0.25) is 4.79 Å². The molecule has 1 saturated carbocycles. The molecule has 1 aliphatic carbocycles. The van der Waals surface area contributed by atoms with Crippen molar-refractivity contribution in [1.29, 1.82) is 0 Å². The maximum atomic E-state index is 12.2. The smallest absolute Gasteiger partial charge is 0.291 e. The van der Waals surface area contributed by atoms with Gasteiger partial charge in [-0.05, 0) is 31.2 Å². The van der Waals surface area contributed by atoms with E-state index in [9.17, 15) is 4.79 Å². The quantitative estimate of drug-likeness (QED) is 0.846. The Kier molecular flexibility index (Phi) is 3.38. The first-order valence-corrected chi connectivity index (χ1v) is 8.55. The summed E-state index contributed by atoms with van der Waals surface area (Å²) < 4.78 is 6.21. The van der Waals surface area contributed by atoms with Crippen molar-refractivity contribution in [1.82, 2.24) is 14.9 Å². The predicted octanol–water partition coefficient (Wildman–Crippen LogP) is 1.60. The molecule has 2 saturated heterocycles. The lowest BCUT2D eigenvalue weighted by atomic mass is 9.93. The van der Waals surface area contributed by atoms with E-state index in [4.69, 9.17) is 4.74 Å². The van der Waals surface area contributed by atoms with E-state index in [0.717, 1.165) is 37.8 Å². The van der Waals surface area contributed by atoms with Gasteiger partial charge in [-0.15, -0.1) is 11.8 Å². The van der Waals surface area contributed by atoms with Gasteiger partial charge in [0.1, 0.15) is 0 Å². The Bertz CT molecular complexity index is 529. The average molecular weight is 305 g/mol. The number of hydrogen-bond acceptors (Lipinski definition) is 5. The fourth-order valence-corrected chi connectivity index (χ4v) is 4.58. The fourth-order valence-electron chi connectivity index (χ4n) is 3.03. The summed E-state index contributed by atoms with van der Waals surface area (Å²) >= 11 is 1.97. The third kappa shape index (κ3) is 2.79. The van der Waals surface area contributed by atoms with Crippen LogP contribution in [0.3, 0.4) is 0 Å². The van der Waals surface area contributed by atoms with Crippen molar-refractivity contribution < 1.29 is 9.53 Å². The summed E-state index contributed by atoms with van der Waals surface area (Å²) in [5, 5.41) is 0. The molecule has 0 bridgehead atoms. The molecular formula is C15H19N3O2S. The normalized spacial score (nSPS) is 26.9. The number of hydrogen-bond donors (Lipinski definition) is 0. The molecule has 2 aliphatic heterocycles. The molecule has 21 heavy (non-hydrogen) atoms. The van der Waals surface area contributed by atoms with Crippen LogP contribution in [0.1, 0.15) is 29.9 Å². The Balaban J connectivity index is 1.29. The number of carbonyl (C=O) groups excluding carboxylic acids is 1. The topological polar surface area (TPSA) is 55.3 Å². The predicted molar refractivity (Wildman–Crippen MR) is 80.2 cm³/mol. The second-order valence-corrected chi connectivity index (χ2v) is 7.82. The van der Waals surface area contributed by atoms with E-state index >= 15 is 0 Å². The minimum atomic E-state index is -0.0517. The molecule has 1 spiro atoms. The molecule has 0 radical (unpaired) electrons. The summed E-state index contributed by atoms with van der Waals surface area (Å²) in [6.45, 7) is 2.54. The van der Waals surface area contributed by atoms with Gasteiger partial charge in [0.25, 0.3) is 5.91 Å². The Hall–Kier alpha value is -1.14. The van der Waals surface area contributed by atoms with Crippen molar-refractivity contribution in [2.75, 3.05) is 25.4 Å². The largest absolute Gasteiger partial charge is 0.377 e. The van der Waals surface area contributed by atoms with Crippen LogP contribution in [0, 0.1) is 5.92 Å². The Morgan fingerprint density at radius 3 is 2.86 bits per heavy atom. The summed E-state index contributed by atoms with van der Waals surface area (Å²) in [5.41, 5.74) is 0. The van der Waals surface area contributed by atoms with Crippen molar-refractivity contribution >= 4 is 17.7 Å². The van der Waals surface area contributed by atoms with Gasteiger partial charge in [-0.25, -0.2) is 9.97 Å². The molecule has 4 rings (SSSR count). The van der Waals surface area contributed by atoms with Crippen molar-refractivity contribution in [3.63, 3.8) is 0 Å². The lowest BCUT2D eigenvalue weighted by Gasteiger charge is -2.47. The summed E-state index contributed by atoms with van der Waals surface area (Å²) in [6, 6.07) is 1.73. The van der Waals surface area contributed by atoms with Gasteiger partial charge >= 0.3 is 0 Å². The molecule has 6 heteroatoms. The van der Waals surface area contributed by atoms with E-state index in [-0.39, 0.29) is 10.7 Å². The monoisotopic (exact) mass is 305 g/mol. The van der Waals surface area contributed by atoms with Gasteiger partial charge in [0.05, 0.1) is 10.9 Å². The maximum Gasteiger partial charge on any atom is 0.291 e. The molecular weight excluding hydrogens is 286 g/mol. The summed E-state index contributed by atoms with van der Waals surface area (Å²) in [5.74, 6) is 2.14. The molecule has 0 N–H and O–H groups in total. The van der Waals surface area contributed by atoms with E-state index in [1.807, 2.05) is 16.7 Å². The number of likely N-dealkylation sites (tertiary alicyclic amines) is 1. The molecule has 3 fully saturated rings. The van der Waals surface area contributed by atoms with Crippen LogP contribution in [0.15, 0.2) is 18.5 Å². The molecule has 3 heterocycles. The standard InChI is InChI=1S/C15H19N3O2S/c19-14(13-16-4-1-5-17-13)18-9-15(10-18)6-12(8-21-15)20-7-11-2-3-11/h1,4-5,11-12H,2-3,6-10H2/t12-/m0/s1. The molecule has 1 atom stereocenters. The van der Waals surface area contributed by atoms with E-state index in [1.165, 1.54) is 12.8 Å². The van der Waals surface area contributed by atoms with Crippen LogP contribution in [-0.2, 0) is 4.74 Å². The molecule has 0 unspecified atom stereocenters. The minimum Gasteiger partial charge on any atom is -0.377 e. The Morgan fingerprint density at radius 1 is 1.38 bits per heavy atom. The summed E-state index contributed by atoms with van der Waals surface area (Å²) in [7, 11) is 0. The lowest BCUT2D eigenvalue weighted by Crippen LogP contribution is -2.61. The van der Waals surface area contributed by atoms with Crippen molar-refractivity contribution in [2.45, 2.75) is 30.1 Å². The SMILES string of the molecule is O=C(c1ncccn1)N1CC2(C[C@H](OCC3CC3)CS2)C1. The Labute approximate surface area is 128 Å². The second kappa shape index (κ2) is 5.25. The van der Waals surface area contributed by atoms with Gasteiger partial charge in [-0.1, -0.05) is 0 Å². The van der Waals surface area contributed by atoms with E-state index in [2.05, 4.69) is 9.97 Å². The highest BCUT2D eigenvalue weighted by Crippen LogP contribution is 2.46. The molecule has 112 valence electrons. The fraction of sp³-hybridized carbons (Fsp3) is 0.667. The van der Waals surface area contributed by atoms with Crippen LogP contribution in [0.5, 0.6) is 0 Å². The number of rotatable bonds is 4. The van der Waals surface area contributed by atoms with Crippen LogP contribution in [0.25, 0.3) is 0 Å². The molecule has 1 aromatic heterocycles. The van der Waals surface area contributed by atoms with Crippen LogP contribution in [0.2, 0.25) is 0 Å². The zero-order chi connectivity index (χ0) is 14.3. The first-order valence-electron chi connectivity index (χ1n) is 7.56. The highest BCUT2D eigenvalue weighted by atomic mass is 32.2. The molecule has 1 amide bonds. The van der Waals surface area contributed by atoms with Gasteiger partial charge in [0, 0.05) is 37.8 Å². The highest BCUT2D eigenvalue weighted by Gasteiger charge is 2.51. The first-order chi connectivity index (χ1) is 10.2. The molecule has 1 aromatic rings. The van der Waals surface area contributed by atoms with Crippen LogP contribution in [-0.4, -0.2) is 57.1 Å². The molecule has 0 aromatic carbocycles. The average Bonchev–Trinajstić information content (AvgIpc) is 3.22. The van der Waals surface area contributed by atoms with E-state index in [0.29, 0.717) is 11.9 Å². The van der Waals surface area contributed by atoms with E-state index in [1.54, 1.807) is 18.5 Å². The zero-order valence-electron chi connectivity index (χ0n) is 11.9. The van der Waals surface area contributed by atoms with Gasteiger partial charge in [-0.2, -0.15) is 0 Å². The molecule has 5 nitrogen and oxygen atoms in total. The Morgan fingerprint density at radius 2 is 2.14 bits per heavy atom. The third-order valence-corrected chi connectivity index (χ3v) is 6.02. The van der Waals surface area contributed by atoms with Crippen molar-refractivity contribution in [2.24, 2.45) is 5.92 Å². The van der Waals surface area contributed by atoms with Crippen LogP contribution in [0.4, 0.5) is 0 Å². The second-order valence-electron chi connectivity index (χ2n) is 6.33. The van der Waals surface area contributed by atoms with Crippen molar-refractivity contribution in [3.05, 3.63) is 24.3 Å². The molecule has 3 aliphatic rings. The number of nitrogens with zero attached hydrogens (tertiary/aromatic N) is 3. The first kappa shape index (κ1) is 13.5. The van der Waals surface area contributed by atoms with Crippen molar-refractivity contribution in [3.8, 4) is 0 Å². The zero-order valence-corrected chi connectivity index (χ0v) is 12.7. The van der Waals surface area contributed by atoms with Gasteiger partial charge < -0.3 is 9.64 Å². The van der Waals surface area contributed by atoms with Crippen LogP contribution < -0.4 is 0 Å². The highest BCUT2D eigenvalue weighted by molar-refractivity contribution is 8.01. The number of ether oxygens (including phenoxy) is 1. The van der Waals surface area contributed by atoms with Gasteiger partial charge in [0.2, 0.25) is 5.82 Å². The summed E-state index contributed by atoms with van der Waals surface area (Å²) in [4.78, 5) is 22.2. The number of aromatic nitrogens is 2. The van der Waals surface area contributed by atoms with Gasteiger partial charge in [0.15, 0.2) is 0 Å². The maximum absolute atomic E-state index is 12.2. The lowest BCUT2D eigenvalue weighted by molar-refractivity contribution is 0.0281. The summed E-state index contributed by atoms with van der Waals surface area (Å²) in [6.07, 6.45) is 7.35. The number of carbonyl (C=O) groups is 1. The van der Waals surface area contributed by atoms with Crippen LogP contribution >= 0.6 is 11.8 Å². The number of thioether (sulfide) groups is 1.